The molecule has 9 nitrogen and oxygen atoms in total. The van der Waals surface area contributed by atoms with Crippen molar-refractivity contribution in [2.75, 3.05) is 23.3 Å². The number of nitrogens with one attached hydrogen (secondary N) is 2. The van der Waals surface area contributed by atoms with Gasteiger partial charge in [-0.2, -0.15) is 4.52 Å². The summed E-state index contributed by atoms with van der Waals surface area (Å²) < 4.78 is 1.66. The minimum Gasteiger partial charge on any atom is -0.355 e. The third-order valence-electron chi connectivity index (χ3n) is 6.30. The molecule has 1 aliphatic rings. The summed E-state index contributed by atoms with van der Waals surface area (Å²) in [6.45, 7) is 3.93. The molecule has 0 unspecified atom stereocenters. The molecule has 1 fully saturated rings. The summed E-state index contributed by atoms with van der Waals surface area (Å²) in [7, 11) is 0. The van der Waals surface area contributed by atoms with Gasteiger partial charge in [-0.3, -0.25) is 9.59 Å². The predicted octanol–water partition coefficient (Wildman–Crippen LogP) is 3.22. The van der Waals surface area contributed by atoms with E-state index in [2.05, 4.69) is 30.8 Å². The van der Waals surface area contributed by atoms with Crippen molar-refractivity contribution in [3.8, 4) is 0 Å². The number of carbonyl (C=O) groups excluding carboxylic acids is 2. The number of aryl methyl sites for hydroxylation is 1. The zero-order chi connectivity index (χ0) is 24.2. The molecule has 2 N–H and O–H groups in total. The molecule has 178 valence electrons. The maximum Gasteiger partial charge on any atom is 0.255 e. The maximum atomic E-state index is 12.8. The van der Waals surface area contributed by atoms with Gasteiger partial charge in [0, 0.05) is 36.8 Å². The van der Waals surface area contributed by atoms with Crippen LogP contribution in [0.15, 0.2) is 67.0 Å². The van der Waals surface area contributed by atoms with Crippen LogP contribution in [0.1, 0.15) is 34.3 Å². The Balaban J connectivity index is 1.12. The number of aromatic nitrogens is 4. The van der Waals surface area contributed by atoms with Gasteiger partial charge in [0.25, 0.3) is 5.91 Å². The minimum absolute atomic E-state index is 0.0330. The standard InChI is InChI=1S/C26H27N7O2/c1-18-5-7-20(8-6-18)26(35)29-22-4-2-3-19(15-22)16-27-25(34)21-11-13-32(14-12-21)24-10-9-23-30-28-17-33(23)31-24/h2-10,15,17,21H,11-14,16H2,1H3,(H,27,34)(H,29,35). The quantitative estimate of drug-likeness (QED) is 0.449. The number of amides is 2. The molecule has 2 aromatic carbocycles. The Labute approximate surface area is 203 Å². The highest BCUT2D eigenvalue weighted by Gasteiger charge is 2.25. The molecule has 2 aromatic heterocycles. The molecular weight excluding hydrogens is 442 g/mol. The van der Waals surface area contributed by atoms with Crippen LogP contribution in [0.25, 0.3) is 5.65 Å². The molecule has 1 saturated heterocycles. The molecule has 0 spiro atoms. The first-order valence-corrected chi connectivity index (χ1v) is 11.7. The van der Waals surface area contributed by atoms with Crippen LogP contribution in [0, 0.1) is 12.8 Å². The number of benzene rings is 2. The highest BCUT2D eigenvalue weighted by Crippen LogP contribution is 2.22. The normalized spacial score (nSPS) is 14.1. The second kappa shape index (κ2) is 9.92. The Kier molecular flexibility index (Phi) is 6.38. The van der Waals surface area contributed by atoms with E-state index < -0.39 is 0 Å². The van der Waals surface area contributed by atoms with Crippen LogP contribution < -0.4 is 15.5 Å². The Bertz CT molecular complexity index is 1340. The molecule has 0 bridgehead atoms. The van der Waals surface area contributed by atoms with Crippen LogP contribution in [-0.4, -0.2) is 44.7 Å². The fourth-order valence-electron chi connectivity index (χ4n) is 4.26. The second-order valence-corrected chi connectivity index (χ2v) is 8.82. The van der Waals surface area contributed by atoms with E-state index >= 15 is 0 Å². The first-order chi connectivity index (χ1) is 17.0. The molecule has 0 atom stereocenters. The first-order valence-electron chi connectivity index (χ1n) is 11.7. The molecule has 35 heavy (non-hydrogen) atoms. The van der Waals surface area contributed by atoms with Crippen molar-refractivity contribution < 1.29 is 9.59 Å². The molecule has 1 aliphatic heterocycles. The number of nitrogens with zero attached hydrogens (tertiary/aromatic N) is 5. The van der Waals surface area contributed by atoms with Gasteiger partial charge in [-0.05, 0) is 61.7 Å². The zero-order valence-electron chi connectivity index (χ0n) is 19.5. The van der Waals surface area contributed by atoms with Gasteiger partial charge in [0.15, 0.2) is 5.65 Å². The number of carbonyl (C=O) groups is 2. The minimum atomic E-state index is -0.157. The summed E-state index contributed by atoms with van der Waals surface area (Å²) in [6, 6.07) is 18.8. The van der Waals surface area contributed by atoms with Gasteiger partial charge in [-0.15, -0.1) is 15.3 Å². The highest BCUT2D eigenvalue weighted by molar-refractivity contribution is 6.04. The lowest BCUT2D eigenvalue weighted by atomic mass is 9.96. The zero-order valence-corrected chi connectivity index (χ0v) is 19.5. The molecule has 5 rings (SSSR count). The summed E-state index contributed by atoms with van der Waals surface area (Å²) in [6.07, 6.45) is 3.11. The number of hydrogen-bond acceptors (Lipinski definition) is 6. The van der Waals surface area contributed by atoms with E-state index in [1.165, 1.54) is 0 Å². The molecule has 0 radical (unpaired) electrons. The molecule has 2 amide bonds. The first kappa shape index (κ1) is 22.5. The van der Waals surface area contributed by atoms with Crippen molar-refractivity contribution in [3.05, 3.63) is 83.7 Å². The number of rotatable bonds is 6. The molecule has 4 aromatic rings. The summed E-state index contributed by atoms with van der Waals surface area (Å²) in [4.78, 5) is 27.5. The van der Waals surface area contributed by atoms with Crippen molar-refractivity contribution in [2.24, 2.45) is 5.92 Å². The summed E-state index contributed by atoms with van der Waals surface area (Å²) in [5, 5.41) is 18.4. The molecule has 0 saturated carbocycles. The summed E-state index contributed by atoms with van der Waals surface area (Å²) >= 11 is 0. The van der Waals surface area contributed by atoms with Crippen LogP contribution in [0.5, 0.6) is 0 Å². The average molecular weight is 470 g/mol. The fraction of sp³-hybridized carbons (Fsp3) is 0.269. The Hall–Kier alpha value is -4.27. The van der Waals surface area contributed by atoms with Gasteiger partial charge in [0.1, 0.15) is 12.1 Å². The van der Waals surface area contributed by atoms with Gasteiger partial charge in [0.2, 0.25) is 5.91 Å². The van der Waals surface area contributed by atoms with Crippen LogP contribution in [0.3, 0.4) is 0 Å². The Morgan fingerprint density at radius 3 is 2.63 bits per heavy atom. The van der Waals surface area contributed by atoms with Gasteiger partial charge >= 0.3 is 0 Å². The average Bonchev–Trinajstić information content (AvgIpc) is 3.36. The van der Waals surface area contributed by atoms with Crippen molar-refractivity contribution >= 4 is 29.0 Å². The van der Waals surface area contributed by atoms with E-state index in [1.54, 1.807) is 10.8 Å². The molecular formula is C26H27N7O2. The van der Waals surface area contributed by atoms with Gasteiger partial charge in [-0.25, -0.2) is 0 Å². The summed E-state index contributed by atoms with van der Waals surface area (Å²) in [5.41, 5.74) is 4.06. The maximum absolute atomic E-state index is 12.8. The third-order valence-corrected chi connectivity index (χ3v) is 6.30. The van der Waals surface area contributed by atoms with E-state index in [1.807, 2.05) is 67.6 Å². The molecule has 0 aliphatic carbocycles. The SMILES string of the molecule is Cc1ccc(C(=O)Nc2cccc(CNC(=O)C3CCN(c4ccc5nncn5n4)CC3)c2)cc1. The van der Waals surface area contributed by atoms with Crippen molar-refractivity contribution in [1.82, 2.24) is 25.1 Å². The lowest BCUT2D eigenvalue weighted by Crippen LogP contribution is -2.40. The number of anilines is 2. The number of hydrogen-bond donors (Lipinski definition) is 2. The van der Waals surface area contributed by atoms with E-state index in [-0.39, 0.29) is 17.7 Å². The smallest absolute Gasteiger partial charge is 0.255 e. The van der Waals surface area contributed by atoms with Gasteiger partial charge in [0.05, 0.1) is 0 Å². The molecule has 9 heteroatoms. The van der Waals surface area contributed by atoms with Gasteiger partial charge in [-0.1, -0.05) is 29.8 Å². The van der Waals surface area contributed by atoms with Crippen molar-refractivity contribution in [3.63, 3.8) is 0 Å². The van der Waals surface area contributed by atoms with Gasteiger partial charge < -0.3 is 15.5 Å². The van der Waals surface area contributed by atoms with E-state index in [9.17, 15) is 9.59 Å². The van der Waals surface area contributed by atoms with Crippen LogP contribution in [0.2, 0.25) is 0 Å². The lowest BCUT2D eigenvalue weighted by Gasteiger charge is -2.32. The highest BCUT2D eigenvalue weighted by atomic mass is 16.2. The van der Waals surface area contributed by atoms with Crippen LogP contribution in [0.4, 0.5) is 11.5 Å². The topological polar surface area (TPSA) is 105 Å². The Morgan fingerprint density at radius 2 is 1.83 bits per heavy atom. The van der Waals surface area contributed by atoms with Crippen molar-refractivity contribution in [2.45, 2.75) is 26.3 Å². The predicted molar refractivity (Wildman–Crippen MR) is 133 cm³/mol. The largest absolute Gasteiger partial charge is 0.355 e. The van der Waals surface area contributed by atoms with E-state index in [0.717, 1.165) is 42.9 Å². The number of fused-ring (bicyclic) bond motifs is 1. The molecule has 3 heterocycles. The summed E-state index contributed by atoms with van der Waals surface area (Å²) in [5.74, 6) is 0.729. The fourth-order valence-corrected chi connectivity index (χ4v) is 4.26. The monoisotopic (exact) mass is 469 g/mol. The van der Waals surface area contributed by atoms with Crippen LogP contribution in [-0.2, 0) is 11.3 Å². The number of piperidine rings is 1. The Morgan fingerprint density at radius 1 is 1.03 bits per heavy atom. The second-order valence-electron chi connectivity index (χ2n) is 8.82. The van der Waals surface area contributed by atoms with Crippen LogP contribution >= 0.6 is 0 Å². The van der Waals surface area contributed by atoms with E-state index in [4.69, 9.17) is 0 Å². The van der Waals surface area contributed by atoms with Crippen molar-refractivity contribution in [1.29, 1.82) is 0 Å². The van der Waals surface area contributed by atoms with E-state index in [0.29, 0.717) is 23.4 Å². The third kappa shape index (κ3) is 5.29. The lowest BCUT2D eigenvalue weighted by molar-refractivity contribution is -0.125.